The minimum atomic E-state index is -1.47. The molecule has 10 heavy (non-hydrogen) atoms. The lowest BCUT2D eigenvalue weighted by Crippen LogP contribution is -1.92. The first-order valence-corrected chi connectivity index (χ1v) is 3.31. The topological polar surface area (TPSA) is 30.0 Å². The molecule has 1 rings (SSSR count). The number of nitrogens with zero attached hydrogens (tertiary/aromatic N) is 1. The van der Waals surface area contributed by atoms with Gasteiger partial charge in [0.15, 0.2) is 0 Å². The van der Waals surface area contributed by atoms with Crippen LogP contribution in [0, 0.1) is 0 Å². The average molecular weight is 204 g/mol. The maximum atomic E-state index is 12.0. The fourth-order valence-electron chi connectivity index (χ4n) is 0.533. The summed E-state index contributed by atoms with van der Waals surface area (Å²) in [6.07, 6.45) is 1.47. The fourth-order valence-corrected chi connectivity index (χ4v) is 0.939. The first-order chi connectivity index (χ1) is 4.72. The third-order valence-electron chi connectivity index (χ3n) is 0.971. The van der Waals surface area contributed by atoms with E-state index in [2.05, 4.69) is 20.9 Å². The standard InChI is InChI=1S/C6H3BrFNO/c7-5-4(6(8)10)2-1-3-9-5/h1-3H. The Morgan fingerprint density at radius 2 is 2.40 bits per heavy atom. The number of rotatable bonds is 1. The highest BCUT2D eigenvalue weighted by molar-refractivity contribution is 9.10. The Kier molecular flexibility index (Phi) is 2.11. The van der Waals surface area contributed by atoms with Gasteiger partial charge in [0, 0.05) is 6.20 Å². The van der Waals surface area contributed by atoms with E-state index in [0.29, 0.717) is 0 Å². The average Bonchev–Trinajstić information content (AvgIpc) is 1.88. The molecule has 0 spiro atoms. The monoisotopic (exact) mass is 203 g/mol. The van der Waals surface area contributed by atoms with Crippen LogP contribution < -0.4 is 0 Å². The highest BCUT2D eigenvalue weighted by Crippen LogP contribution is 2.12. The second kappa shape index (κ2) is 2.88. The summed E-state index contributed by atoms with van der Waals surface area (Å²) in [5.41, 5.74) is -0.0394. The summed E-state index contributed by atoms with van der Waals surface area (Å²) >= 11 is 2.92. The van der Waals surface area contributed by atoms with E-state index in [0.717, 1.165) is 0 Å². The summed E-state index contributed by atoms with van der Waals surface area (Å²) in [6, 6.07) is 1.39. The van der Waals surface area contributed by atoms with E-state index in [-0.39, 0.29) is 10.2 Å². The lowest BCUT2D eigenvalue weighted by atomic mass is 10.3. The number of carbonyl (C=O) groups is 1. The second-order valence-corrected chi connectivity index (χ2v) is 2.37. The summed E-state index contributed by atoms with van der Waals surface area (Å²) in [5, 5.41) is 0. The lowest BCUT2D eigenvalue weighted by Gasteiger charge is -1.92. The quantitative estimate of drug-likeness (QED) is 0.516. The Morgan fingerprint density at radius 3 is 2.80 bits per heavy atom. The Bertz CT molecular complexity index is 264. The van der Waals surface area contributed by atoms with Gasteiger partial charge in [-0.3, -0.25) is 4.79 Å². The molecule has 0 saturated heterocycles. The maximum Gasteiger partial charge on any atom is 0.334 e. The van der Waals surface area contributed by atoms with Gasteiger partial charge >= 0.3 is 6.04 Å². The third kappa shape index (κ3) is 1.39. The van der Waals surface area contributed by atoms with Crippen LogP contribution >= 0.6 is 15.9 Å². The van der Waals surface area contributed by atoms with Gasteiger partial charge in [0.2, 0.25) is 0 Å². The van der Waals surface area contributed by atoms with Crippen molar-refractivity contribution >= 4 is 22.0 Å². The van der Waals surface area contributed by atoms with Crippen molar-refractivity contribution in [3.8, 4) is 0 Å². The Balaban J connectivity index is 3.15. The van der Waals surface area contributed by atoms with Crippen LogP contribution in [-0.2, 0) is 0 Å². The number of pyridine rings is 1. The number of hydrogen-bond donors (Lipinski definition) is 0. The highest BCUT2D eigenvalue weighted by Gasteiger charge is 2.07. The van der Waals surface area contributed by atoms with Crippen molar-refractivity contribution < 1.29 is 9.18 Å². The molecule has 0 atom stereocenters. The van der Waals surface area contributed by atoms with Crippen molar-refractivity contribution in [2.45, 2.75) is 0 Å². The molecule has 52 valence electrons. The van der Waals surface area contributed by atoms with Crippen molar-refractivity contribution in [2.75, 3.05) is 0 Å². The molecular formula is C6H3BrFNO. The molecule has 0 saturated carbocycles. The van der Waals surface area contributed by atoms with Gasteiger partial charge in [0.25, 0.3) is 0 Å². The van der Waals surface area contributed by atoms with E-state index < -0.39 is 6.04 Å². The van der Waals surface area contributed by atoms with Gasteiger partial charge in [-0.25, -0.2) is 4.98 Å². The van der Waals surface area contributed by atoms with Gasteiger partial charge in [-0.2, -0.15) is 4.39 Å². The molecule has 1 heterocycles. The van der Waals surface area contributed by atoms with Crippen LogP contribution in [0.3, 0.4) is 0 Å². The van der Waals surface area contributed by atoms with Crippen molar-refractivity contribution in [1.82, 2.24) is 4.98 Å². The molecule has 1 aromatic heterocycles. The van der Waals surface area contributed by atoms with Crippen LogP contribution in [0.1, 0.15) is 10.4 Å². The Labute approximate surface area is 65.2 Å². The predicted molar refractivity (Wildman–Crippen MR) is 37.4 cm³/mol. The van der Waals surface area contributed by atoms with Crippen LogP contribution in [0.5, 0.6) is 0 Å². The third-order valence-corrected chi connectivity index (χ3v) is 1.60. The van der Waals surface area contributed by atoms with Crippen molar-refractivity contribution in [3.63, 3.8) is 0 Å². The lowest BCUT2D eigenvalue weighted by molar-refractivity contribution is 0.0834. The van der Waals surface area contributed by atoms with Gasteiger partial charge in [-0.05, 0) is 28.1 Å². The summed E-state index contributed by atoms with van der Waals surface area (Å²) in [7, 11) is 0. The molecule has 0 bridgehead atoms. The Hall–Kier alpha value is -0.770. The largest absolute Gasteiger partial charge is 0.334 e. The van der Waals surface area contributed by atoms with Crippen molar-refractivity contribution in [2.24, 2.45) is 0 Å². The smallest absolute Gasteiger partial charge is 0.255 e. The normalized spacial score (nSPS) is 9.40. The van der Waals surface area contributed by atoms with E-state index in [1.165, 1.54) is 18.3 Å². The molecule has 0 N–H and O–H groups in total. The summed E-state index contributed by atoms with van der Waals surface area (Å²) in [5.74, 6) is 0. The molecule has 4 heteroatoms. The van der Waals surface area contributed by atoms with Crippen LogP contribution in [-0.4, -0.2) is 11.0 Å². The molecule has 0 aromatic carbocycles. The molecule has 0 radical (unpaired) electrons. The number of hydrogen-bond acceptors (Lipinski definition) is 2. The van der Waals surface area contributed by atoms with Gasteiger partial charge in [0.05, 0.1) is 5.56 Å². The van der Waals surface area contributed by atoms with Crippen LogP contribution in [0.25, 0.3) is 0 Å². The number of aromatic nitrogens is 1. The zero-order chi connectivity index (χ0) is 7.56. The van der Waals surface area contributed by atoms with Gasteiger partial charge in [-0.15, -0.1) is 0 Å². The minimum Gasteiger partial charge on any atom is -0.255 e. The summed E-state index contributed by atoms with van der Waals surface area (Å²) in [6.45, 7) is 0. The Morgan fingerprint density at radius 1 is 1.70 bits per heavy atom. The minimum absolute atomic E-state index is 0.0394. The maximum absolute atomic E-state index is 12.0. The first-order valence-electron chi connectivity index (χ1n) is 2.52. The van der Waals surface area contributed by atoms with Gasteiger partial charge in [-0.1, -0.05) is 0 Å². The molecule has 0 amide bonds. The number of halogens is 2. The van der Waals surface area contributed by atoms with E-state index >= 15 is 0 Å². The van der Waals surface area contributed by atoms with Crippen molar-refractivity contribution in [1.29, 1.82) is 0 Å². The van der Waals surface area contributed by atoms with Gasteiger partial charge in [0.1, 0.15) is 4.60 Å². The SMILES string of the molecule is O=C(F)c1cccnc1Br. The van der Waals surface area contributed by atoms with Crippen molar-refractivity contribution in [3.05, 3.63) is 28.5 Å². The van der Waals surface area contributed by atoms with E-state index in [1.807, 2.05) is 0 Å². The molecule has 0 aliphatic rings. The molecule has 0 unspecified atom stereocenters. The fraction of sp³-hybridized carbons (Fsp3) is 0. The molecule has 0 fully saturated rings. The van der Waals surface area contributed by atoms with E-state index in [9.17, 15) is 9.18 Å². The number of carbonyl (C=O) groups excluding carboxylic acids is 1. The van der Waals surface area contributed by atoms with Crippen LogP contribution in [0.15, 0.2) is 22.9 Å². The summed E-state index contributed by atoms with van der Waals surface area (Å²) in [4.78, 5) is 13.8. The van der Waals surface area contributed by atoms with Gasteiger partial charge < -0.3 is 0 Å². The highest BCUT2D eigenvalue weighted by atomic mass is 79.9. The second-order valence-electron chi connectivity index (χ2n) is 1.62. The zero-order valence-electron chi connectivity index (χ0n) is 4.84. The van der Waals surface area contributed by atoms with Crippen LogP contribution in [0.4, 0.5) is 4.39 Å². The first kappa shape index (κ1) is 7.34. The molecular weight excluding hydrogens is 201 g/mol. The molecule has 1 aromatic rings. The molecule has 2 nitrogen and oxygen atoms in total. The summed E-state index contributed by atoms with van der Waals surface area (Å²) < 4.78 is 12.2. The van der Waals surface area contributed by atoms with E-state index in [4.69, 9.17) is 0 Å². The molecule has 0 aliphatic carbocycles. The zero-order valence-corrected chi connectivity index (χ0v) is 6.43. The predicted octanol–water partition coefficient (Wildman–Crippen LogP) is 1.95. The molecule has 0 aliphatic heterocycles. The van der Waals surface area contributed by atoms with Crippen LogP contribution in [0.2, 0.25) is 0 Å². The van der Waals surface area contributed by atoms with E-state index in [1.54, 1.807) is 0 Å².